The van der Waals surface area contributed by atoms with Crippen molar-refractivity contribution in [1.29, 1.82) is 0 Å². The molecule has 0 N–H and O–H groups in total. The van der Waals surface area contributed by atoms with Crippen LogP contribution in [0, 0.1) is 18.7 Å². The van der Waals surface area contributed by atoms with E-state index < -0.39 is 21.8 Å². The third kappa shape index (κ3) is 3.29. The zero-order valence-electron chi connectivity index (χ0n) is 13.3. The van der Waals surface area contributed by atoms with Crippen LogP contribution < -0.4 is 0 Å². The number of rotatable bonds is 4. The molecule has 0 bridgehead atoms. The zero-order chi connectivity index (χ0) is 18.2. The fourth-order valence-corrected chi connectivity index (χ4v) is 3.85. The molecule has 2 heterocycles. The van der Waals surface area contributed by atoms with Crippen LogP contribution in [0.5, 0.6) is 0 Å². The Hall–Kier alpha value is -2.26. The van der Waals surface area contributed by atoms with Crippen molar-refractivity contribution in [3.63, 3.8) is 0 Å². The molecule has 0 spiro atoms. The van der Waals surface area contributed by atoms with Gasteiger partial charge in [-0.15, -0.1) is 11.8 Å². The molecule has 0 saturated heterocycles. The smallest absolute Gasteiger partial charge is 0.233 e. The third-order valence-electron chi connectivity index (χ3n) is 3.48. The number of thioether (sulfide) groups is 1. The molecule has 0 aliphatic heterocycles. The van der Waals surface area contributed by atoms with Gasteiger partial charge in [-0.1, -0.05) is 17.7 Å². The summed E-state index contributed by atoms with van der Waals surface area (Å²) in [5, 5.41) is 0.0968. The van der Waals surface area contributed by atoms with Gasteiger partial charge in [0.2, 0.25) is 5.95 Å². The number of benzene rings is 1. The Balaban J connectivity index is 2.07. The molecule has 0 aliphatic rings. The molecule has 25 heavy (non-hydrogen) atoms. The summed E-state index contributed by atoms with van der Waals surface area (Å²) in [6, 6.07) is 7.07. The van der Waals surface area contributed by atoms with Crippen molar-refractivity contribution in [2.45, 2.75) is 16.8 Å². The van der Waals surface area contributed by atoms with Gasteiger partial charge in [-0.05, 0) is 25.3 Å². The first-order valence-electron chi connectivity index (χ1n) is 7.10. The van der Waals surface area contributed by atoms with Gasteiger partial charge < -0.3 is 0 Å². The normalized spacial score (nSPS) is 11.7. The van der Waals surface area contributed by atoms with Crippen LogP contribution in [0.4, 0.5) is 8.78 Å². The van der Waals surface area contributed by atoms with Crippen molar-refractivity contribution in [1.82, 2.24) is 13.9 Å². The van der Waals surface area contributed by atoms with Gasteiger partial charge in [-0.3, -0.25) is 0 Å². The van der Waals surface area contributed by atoms with E-state index in [0.717, 1.165) is 35.8 Å². The van der Waals surface area contributed by atoms with Crippen LogP contribution in [-0.2, 0) is 10.0 Å². The van der Waals surface area contributed by atoms with E-state index in [0.29, 0.717) is 3.97 Å². The summed E-state index contributed by atoms with van der Waals surface area (Å²) >= 11 is 1.07. The first-order valence-corrected chi connectivity index (χ1v) is 9.76. The Morgan fingerprint density at radius 2 is 1.84 bits per heavy atom. The largest absolute Gasteiger partial charge is 0.269 e. The van der Waals surface area contributed by atoms with Gasteiger partial charge in [0.15, 0.2) is 11.6 Å². The minimum atomic E-state index is -4.09. The first-order chi connectivity index (χ1) is 11.8. The monoisotopic (exact) mass is 381 g/mol. The van der Waals surface area contributed by atoms with Gasteiger partial charge in [-0.25, -0.2) is 26.7 Å². The Bertz CT molecular complexity index is 1030. The number of nitrogens with zero attached hydrogens (tertiary/aromatic N) is 3. The van der Waals surface area contributed by atoms with Crippen LogP contribution in [0.3, 0.4) is 0 Å². The maximum atomic E-state index is 14.3. The molecule has 1 aromatic carbocycles. The van der Waals surface area contributed by atoms with Gasteiger partial charge in [0.1, 0.15) is 5.03 Å². The Morgan fingerprint density at radius 1 is 1.16 bits per heavy atom. The molecule has 130 valence electrons. The van der Waals surface area contributed by atoms with E-state index in [1.807, 2.05) is 6.92 Å². The predicted octanol–water partition coefficient (Wildman–Crippen LogP) is 3.49. The van der Waals surface area contributed by atoms with E-state index in [2.05, 4.69) is 9.97 Å². The molecule has 9 heteroatoms. The van der Waals surface area contributed by atoms with Crippen molar-refractivity contribution in [3.05, 3.63) is 60.1 Å². The Labute approximate surface area is 147 Å². The number of aryl methyl sites for hydroxylation is 1. The van der Waals surface area contributed by atoms with Crippen LogP contribution in [0.15, 0.2) is 52.6 Å². The molecule has 0 radical (unpaired) electrons. The highest BCUT2D eigenvalue weighted by Crippen LogP contribution is 2.25. The highest BCUT2D eigenvalue weighted by atomic mass is 32.2. The predicted molar refractivity (Wildman–Crippen MR) is 90.9 cm³/mol. The minimum Gasteiger partial charge on any atom is -0.233 e. The SMILES string of the molecule is CSc1nc(-c2cc(F)n(S(=O)(=O)c3ccc(C)cc3)c2)ncc1F. The van der Waals surface area contributed by atoms with Gasteiger partial charge >= 0.3 is 0 Å². The molecule has 3 rings (SSSR count). The summed E-state index contributed by atoms with van der Waals surface area (Å²) in [5.74, 6) is -1.53. The summed E-state index contributed by atoms with van der Waals surface area (Å²) < 4.78 is 53.5. The first kappa shape index (κ1) is 17.6. The molecule has 5 nitrogen and oxygen atoms in total. The topological polar surface area (TPSA) is 64.8 Å². The maximum absolute atomic E-state index is 14.3. The molecule has 0 aliphatic carbocycles. The number of hydrogen-bond acceptors (Lipinski definition) is 5. The van der Waals surface area contributed by atoms with Crippen LogP contribution in [0.1, 0.15) is 5.56 Å². The van der Waals surface area contributed by atoms with Gasteiger partial charge in [0, 0.05) is 17.8 Å². The van der Waals surface area contributed by atoms with Crippen molar-refractivity contribution < 1.29 is 17.2 Å². The molecule has 0 fully saturated rings. The summed E-state index contributed by atoms with van der Waals surface area (Å²) in [5.41, 5.74) is 1.03. The summed E-state index contributed by atoms with van der Waals surface area (Å²) in [7, 11) is -4.09. The van der Waals surface area contributed by atoms with Crippen LogP contribution in [0.25, 0.3) is 11.4 Å². The molecule has 0 saturated carbocycles. The molecule has 0 amide bonds. The highest BCUT2D eigenvalue weighted by Gasteiger charge is 2.22. The summed E-state index contributed by atoms with van der Waals surface area (Å²) in [4.78, 5) is 7.75. The molecule has 0 atom stereocenters. The van der Waals surface area contributed by atoms with Gasteiger partial charge in [0.25, 0.3) is 10.0 Å². The molecular formula is C16H13F2N3O2S2. The van der Waals surface area contributed by atoms with E-state index in [9.17, 15) is 17.2 Å². The second kappa shape index (κ2) is 6.57. The Kier molecular flexibility index (Phi) is 4.61. The molecule has 3 aromatic rings. The zero-order valence-corrected chi connectivity index (χ0v) is 14.9. The summed E-state index contributed by atoms with van der Waals surface area (Å²) in [6.07, 6.45) is 3.70. The molecule has 2 aromatic heterocycles. The average molecular weight is 381 g/mol. The minimum absolute atomic E-state index is 0.0380. The fraction of sp³-hybridized carbons (Fsp3) is 0.125. The van der Waals surface area contributed by atoms with Crippen LogP contribution >= 0.6 is 11.8 Å². The van der Waals surface area contributed by atoms with E-state index in [4.69, 9.17) is 0 Å². The quantitative estimate of drug-likeness (QED) is 0.511. The number of aromatic nitrogens is 3. The molecular weight excluding hydrogens is 368 g/mol. The standard InChI is InChI=1S/C16H13F2N3O2S2/c1-10-3-5-12(6-4-10)25(22,23)21-9-11(7-14(21)18)15-19-8-13(17)16(20-15)24-2/h3-9H,1-2H3. The lowest BCUT2D eigenvalue weighted by molar-refractivity contribution is 0.541. The second-order valence-corrected chi connectivity index (χ2v) is 7.83. The molecule has 0 unspecified atom stereocenters. The summed E-state index contributed by atoms with van der Waals surface area (Å²) in [6.45, 7) is 1.82. The van der Waals surface area contributed by atoms with E-state index in [-0.39, 0.29) is 21.3 Å². The van der Waals surface area contributed by atoms with Gasteiger partial charge in [-0.2, -0.15) is 4.39 Å². The highest BCUT2D eigenvalue weighted by molar-refractivity contribution is 7.98. The fourth-order valence-electron chi connectivity index (χ4n) is 2.18. The van der Waals surface area contributed by atoms with Crippen molar-refractivity contribution >= 4 is 21.8 Å². The van der Waals surface area contributed by atoms with Crippen LogP contribution in [0.2, 0.25) is 0 Å². The lowest BCUT2D eigenvalue weighted by Gasteiger charge is -2.06. The second-order valence-electron chi connectivity index (χ2n) is 5.22. The lowest BCUT2D eigenvalue weighted by Crippen LogP contribution is -2.13. The van der Waals surface area contributed by atoms with Crippen LogP contribution in [-0.4, -0.2) is 28.6 Å². The number of hydrogen-bond donors (Lipinski definition) is 0. The van der Waals surface area contributed by atoms with Crippen molar-refractivity contribution in [2.24, 2.45) is 0 Å². The van der Waals surface area contributed by atoms with Crippen molar-refractivity contribution in [2.75, 3.05) is 6.26 Å². The third-order valence-corrected chi connectivity index (χ3v) is 5.82. The Morgan fingerprint density at radius 3 is 2.48 bits per heavy atom. The maximum Gasteiger partial charge on any atom is 0.269 e. The lowest BCUT2D eigenvalue weighted by atomic mass is 10.2. The van der Waals surface area contributed by atoms with E-state index in [1.165, 1.54) is 12.1 Å². The van der Waals surface area contributed by atoms with Gasteiger partial charge in [0.05, 0.1) is 11.1 Å². The van der Waals surface area contributed by atoms with Crippen molar-refractivity contribution in [3.8, 4) is 11.4 Å². The van der Waals surface area contributed by atoms with E-state index in [1.54, 1.807) is 18.4 Å². The van der Waals surface area contributed by atoms with E-state index >= 15 is 0 Å². The average Bonchev–Trinajstić information content (AvgIpc) is 2.98. The number of halogens is 2.